The zero-order valence-electron chi connectivity index (χ0n) is 25.3. The molecule has 1 fully saturated rings. The number of carbonyl (C=O) groups excluding carboxylic acids is 1. The number of aromatic nitrogens is 3. The topological polar surface area (TPSA) is 99.4 Å². The number of esters is 1. The fourth-order valence-corrected chi connectivity index (χ4v) is 4.19. The van der Waals surface area contributed by atoms with E-state index < -0.39 is 0 Å². The van der Waals surface area contributed by atoms with Crippen molar-refractivity contribution in [3.63, 3.8) is 0 Å². The van der Waals surface area contributed by atoms with Crippen LogP contribution in [0.2, 0.25) is 0 Å². The molecular formula is C33H50ClN3O3. The Morgan fingerprint density at radius 1 is 1.20 bits per heavy atom. The van der Waals surface area contributed by atoms with Crippen molar-refractivity contribution in [2.45, 2.75) is 91.4 Å². The minimum absolute atomic E-state index is 0. The summed E-state index contributed by atoms with van der Waals surface area (Å²) in [6.45, 7) is 14.1. The number of hydrogen-bond donors (Lipinski definition) is 1. The Morgan fingerprint density at radius 3 is 2.42 bits per heavy atom. The second-order valence-corrected chi connectivity index (χ2v) is 10.4. The quantitative estimate of drug-likeness (QED) is 0.218. The van der Waals surface area contributed by atoms with Crippen LogP contribution in [0.4, 0.5) is 0 Å². The number of methoxy groups -OCH3 is 1. The number of ether oxygens (including phenoxy) is 1. The van der Waals surface area contributed by atoms with Crippen molar-refractivity contribution in [3.05, 3.63) is 77.0 Å². The highest BCUT2D eigenvalue weighted by Crippen LogP contribution is 2.26. The first-order valence-electron chi connectivity index (χ1n) is 14.1. The van der Waals surface area contributed by atoms with E-state index in [0.29, 0.717) is 12.3 Å². The molecule has 3 rings (SSSR count). The molecule has 1 unspecified atom stereocenters. The van der Waals surface area contributed by atoms with Gasteiger partial charge < -0.3 is 15.2 Å². The van der Waals surface area contributed by atoms with Gasteiger partial charge in [0.1, 0.15) is 0 Å². The van der Waals surface area contributed by atoms with Crippen molar-refractivity contribution < 1.29 is 15.0 Å². The summed E-state index contributed by atoms with van der Waals surface area (Å²) in [6, 6.07) is 4.16. The number of aryl methyl sites for hydroxylation is 1. The van der Waals surface area contributed by atoms with Gasteiger partial charge in [0.15, 0.2) is 0 Å². The predicted molar refractivity (Wildman–Crippen MR) is 170 cm³/mol. The van der Waals surface area contributed by atoms with E-state index in [9.17, 15) is 4.79 Å². The molecular weight excluding hydrogens is 522 g/mol. The Balaban J connectivity index is 0.000000584. The first-order valence-corrected chi connectivity index (χ1v) is 14.5. The minimum Gasteiger partial charge on any atom is -0.469 e. The predicted octanol–water partition coefficient (Wildman–Crippen LogP) is 6.63. The fraction of sp³-hybridized carbons (Fsp3) is 0.485. The van der Waals surface area contributed by atoms with Crippen LogP contribution in [0.25, 0.3) is 17.7 Å². The number of nitrogens with one attached hydrogen (secondary N) is 1. The van der Waals surface area contributed by atoms with Crippen molar-refractivity contribution >= 4 is 35.3 Å². The summed E-state index contributed by atoms with van der Waals surface area (Å²) in [4.78, 5) is 22.4. The molecule has 2 aromatic heterocycles. The van der Waals surface area contributed by atoms with E-state index in [1.807, 2.05) is 32.2 Å². The molecule has 0 radical (unpaired) electrons. The normalized spacial score (nSPS) is 15.3. The van der Waals surface area contributed by atoms with Crippen molar-refractivity contribution in [2.75, 3.05) is 7.11 Å². The van der Waals surface area contributed by atoms with Crippen LogP contribution < -0.4 is 10.7 Å². The van der Waals surface area contributed by atoms with E-state index in [2.05, 4.69) is 77.4 Å². The van der Waals surface area contributed by atoms with Crippen LogP contribution in [0, 0.1) is 12.8 Å². The number of alkyl halides is 1. The van der Waals surface area contributed by atoms with Gasteiger partial charge in [0.2, 0.25) is 0 Å². The number of H-pyrrole nitrogens is 1. The number of imidazole rings is 1. The summed E-state index contributed by atoms with van der Waals surface area (Å²) in [6.07, 6.45) is 22.8. The summed E-state index contributed by atoms with van der Waals surface area (Å²) < 4.78 is 4.61. The zero-order valence-corrected chi connectivity index (χ0v) is 26.1. The van der Waals surface area contributed by atoms with Crippen LogP contribution in [0.15, 0.2) is 55.0 Å². The molecule has 1 aliphatic carbocycles. The molecule has 1 atom stereocenters. The second kappa shape index (κ2) is 21.8. The average Bonchev–Trinajstić information content (AvgIpc) is 3.39. The van der Waals surface area contributed by atoms with Crippen LogP contribution in [-0.2, 0) is 9.53 Å². The molecule has 2 heterocycles. The number of nitrogens with zero attached hydrogens (tertiary/aromatic N) is 2. The SMILES string of the molecule is C/C=c1/nc[nH]/c1=C/C(C)Cl.C=C(/C=C\C(=C/CC)c1ccc(C)cn1)CC.COC(=O)CC1CCCCC1.O. The van der Waals surface area contributed by atoms with E-state index in [0.717, 1.165) is 34.8 Å². The summed E-state index contributed by atoms with van der Waals surface area (Å²) in [5, 5.41) is 1.99. The van der Waals surface area contributed by atoms with Crippen LogP contribution in [0.3, 0.4) is 0 Å². The van der Waals surface area contributed by atoms with E-state index in [-0.39, 0.29) is 16.8 Å². The van der Waals surface area contributed by atoms with E-state index in [4.69, 9.17) is 11.6 Å². The highest BCUT2D eigenvalue weighted by molar-refractivity contribution is 6.23. The number of hydrogen-bond acceptors (Lipinski definition) is 4. The fourth-order valence-electron chi connectivity index (χ4n) is 4.06. The Morgan fingerprint density at radius 2 is 1.90 bits per heavy atom. The number of halogens is 1. The lowest BCUT2D eigenvalue weighted by Crippen LogP contribution is -2.25. The Hall–Kier alpha value is -2.96. The highest BCUT2D eigenvalue weighted by Gasteiger charge is 2.16. The standard InChI is InChI=1S/C16H21N.C9H16O2.C8H11ClN2.H2O/c1-5-7-15(10-8-13(3)6-2)16-11-9-14(4)12-17-16;1-11-9(10)7-8-5-3-2-4-6-8;1-3-7-8(4-6(2)9)11-5-10-7;/h7-12H,3,5-6H2,1-2,4H3;8H,2-7H2,1H3;3-6H,1-2H3,(H,10,11);1H2/b10-8-,15-7+;;7-3+,8-4+;. The molecule has 0 spiro atoms. The van der Waals surface area contributed by atoms with E-state index >= 15 is 0 Å². The zero-order chi connectivity index (χ0) is 29.0. The van der Waals surface area contributed by atoms with Gasteiger partial charge >= 0.3 is 5.97 Å². The summed E-state index contributed by atoms with van der Waals surface area (Å²) >= 11 is 5.78. The first-order chi connectivity index (χ1) is 18.7. The van der Waals surface area contributed by atoms with Gasteiger partial charge in [0.05, 0.1) is 35.2 Å². The smallest absolute Gasteiger partial charge is 0.305 e. The largest absolute Gasteiger partial charge is 0.469 e. The average molecular weight is 572 g/mol. The van der Waals surface area contributed by atoms with Gasteiger partial charge in [0, 0.05) is 12.6 Å². The monoisotopic (exact) mass is 571 g/mol. The van der Waals surface area contributed by atoms with Crippen LogP contribution in [-0.4, -0.2) is 38.9 Å². The van der Waals surface area contributed by atoms with Crippen LogP contribution >= 0.6 is 11.6 Å². The molecule has 222 valence electrons. The van der Waals surface area contributed by atoms with Gasteiger partial charge in [-0.1, -0.05) is 75.6 Å². The molecule has 2 aromatic rings. The van der Waals surface area contributed by atoms with E-state index in [1.165, 1.54) is 50.4 Å². The lowest BCUT2D eigenvalue weighted by molar-refractivity contribution is -0.141. The van der Waals surface area contributed by atoms with Gasteiger partial charge in [-0.15, -0.1) is 11.6 Å². The molecule has 40 heavy (non-hydrogen) atoms. The molecule has 3 N–H and O–H groups in total. The summed E-state index contributed by atoms with van der Waals surface area (Å²) in [5.74, 6) is 0.563. The third kappa shape index (κ3) is 15.6. The van der Waals surface area contributed by atoms with Gasteiger partial charge in [0.25, 0.3) is 0 Å². The molecule has 0 aromatic carbocycles. The molecule has 0 amide bonds. The molecule has 0 bridgehead atoms. The Labute approximate surface area is 246 Å². The molecule has 6 nitrogen and oxygen atoms in total. The van der Waals surface area contributed by atoms with Crippen molar-refractivity contribution in [1.29, 1.82) is 0 Å². The van der Waals surface area contributed by atoms with Crippen LogP contribution in [0.1, 0.15) is 90.3 Å². The maximum absolute atomic E-state index is 10.9. The maximum atomic E-state index is 10.9. The molecule has 1 aliphatic rings. The lowest BCUT2D eigenvalue weighted by atomic mass is 9.87. The molecule has 7 heteroatoms. The van der Waals surface area contributed by atoms with Crippen LogP contribution in [0.5, 0.6) is 0 Å². The first kappa shape index (κ1) is 37.0. The van der Waals surface area contributed by atoms with Gasteiger partial charge in [-0.05, 0) is 75.7 Å². The van der Waals surface area contributed by atoms with Crippen molar-refractivity contribution in [3.8, 4) is 0 Å². The Bertz CT molecular complexity index is 1160. The van der Waals surface area contributed by atoms with Gasteiger partial charge in [-0.2, -0.15) is 0 Å². The lowest BCUT2D eigenvalue weighted by Gasteiger charge is -2.19. The van der Waals surface area contributed by atoms with Crippen molar-refractivity contribution in [1.82, 2.24) is 15.0 Å². The number of aromatic amines is 1. The maximum Gasteiger partial charge on any atom is 0.305 e. The molecule has 0 saturated heterocycles. The molecule has 1 saturated carbocycles. The van der Waals surface area contributed by atoms with E-state index in [1.54, 1.807) is 6.33 Å². The van der Waals surface area contributed by atoms with Gasteiger partial charge in [-0.25, -0.2) is 4.98 Å². The van der Waals surface area contributed by atoms with Gasteiger partial charge in [-0.3, -0.25) is 9.78 Å². The third-order valence-electron chi connectivity index (χ3n) is 6.36. The second-order valence-electron chi connectivity index (χ2n) is 9.75. The molecule has 0 aliphatic heterocycles. The minimum atomic E-state index is -0.0445. The highest BCUT2D eigenvalue weighted by atomic mass is 35.5. The third-order valence-corrected chi connectivity index (χ3v) is 6.49. The number of rotatable bonds is 8. The number of carbonyl (C=O) groups is 1. The van der Waals surface area contributed by atoms with Crippen molar-refractivity contribution in [2.24, 2.45) is 5.92 Å². The summed E-state index contributed by atoms with van der Waals surface area (Å²) in [7, 11) is 1.46. The Kier molecular flexibility index (Phi) is 20.2. The number of pyridine rings is 1. The number of allylic oxidation sites excluding steroid dienone is 5. The summed E-state index contributed by atoms with van der Waals surface area (Å²) in [5.41, 5.74) is 4.52.